The molecule has 2 rings (SSSR count). The molecule has 2 N–H and O–H groups in total. The fraction of sp³-hybridized carbons (Fsp3) is 0.600. The highest BCUT2D eigenvalue weighted by atomic mass is 19.1. The van der Waals surface area contributed by atoms with Crippen LogP contribution in [0, 0.1) is 5.82 Å². The predicted octanol–water partition coefficient (Wildman–Crippen LogP) is 1.64. The number of nitrogens with zero attached hydrogens (tertiary/aromatic N) is 1. The van der Waals surface area contributed by atoms with Crippen molar-refractivity contribution < 1.29 is 13.9 Å². The van der Waals surface area contributed by atoms with Gasteiger partial charge in [-0.05, 0) is 37.1 Å². The van der Waals surface area contributed by atoms with Gasteiger partial charge in [0.15, 0.2) is 0 Å². The molecule has 1 aromatic rings. The monoisotopic (exact) mass is 282 g/mol. The number of ether oxygens (including phenoxy) is 2. The van der Waals surface area contributed by atoms with Gasteiger partial charge >= 0.3 is 0 Å². The second-order valence-corrected chi connectivity index (χ2v) is 5.11. The summed E-state index contributed by atoms with van der Waals surface area (Å²) in [5.74, 6) is 0.449. The molecule has 2 unspecified atom stereocenters. The number of halogens is 1. The Bertz CT molecular complexity index is 399. The normalized spacial score (nSPS) is 23.8. The van der Waals surface area contributed by atoms with E-state index >= 15 is 0 Å². The summed E-state index contributed by atoms with van der Waals surface area (Å²) in [5.41, 5.74) is 5.83. The van der Waals surface area contributed by atoms with Crippen LogP contribution >= 0.6 is 0 Å². The highest BCUT2D eigenvalue weighted by Crippen LogP contribution is 2.19. The van der Waals surface area contributed by atoms with Crippen molar-refractivity contribution in [2.75, 3.05) is 33.4 Å². The van der Waals surface area contributed by atoms with Gasteiger partial charge in [0, 0.05) is 32.8 Å². The molecule has 112 valence electrons. The third-order valence-electron chi connectivity index (χ3n) is 3.86. The number of hydrogen-bond donors (Lipinski definition) is 1. The summed E-state index contributed by atoms with van der Waals surface area (Å²) >= 11 is 0. The molecule has 0 aromatic heterocycles. The molecule has 1 aromatic carbocycles. The molecule has 20 heavy (non-hydrogen) atoms. The van der Waals surface area contributed by atoms with E-state index in [0.717, 1.165) is 25.9 Å². The van der Waals surface area contributed by atoms with Gasteiger partial charge in [-0.2, -0.15) is 0 Å². The molecule has 0 radical (unpaired) electrons. The summed E-state index contributed by atoms with van der Waals surface area (Å²) in [7, 11) is 1.76. The number of likely N-dealkylation sites (tertiary alicyclic amines) is 1. The van der Waals surface area contributed by atoms with Crippen molar-refractivity contribution in [3.63, 3.8) is 0 Å². The summed E-state index contributed by atoms with van der Waals surface area (Å²) in [6, 6.07) is 6.45. The van der Waals surface area contributed by atoms with Crippen LogP contribution in [0.5, 0.6) is 5.75 Å². The van der Waals surface area contributed by atoms with E-state index < -0.39 is 0 Å². The zero-order valence-corrected chi connectivity index (χ0v) is 11.9. The lowest BCUT2D eigenvalue weighted by atomic mass is 9.99. The van der Waals surface area contributed by atoms with Gasteiger partial charge in [-0.15, -0.1) is 0 Å². The van der Waals surface area contributed by atoms with E-state index in [0.29, 0.717) is 31.0 Å². The molecule has 2 atom stereocenters. The lowest BCUT2D eigenvalue weighted by molar-refractivity contribution is 0.00923. The van der Waals surface area contributed by atoms with Crippen molar-refractivity contribution in [3.8, 4) is 5.75 Å². The smallest absolute Gasteiger partial charge is 0.123 e. The number of rotatable bonds is 6. The van der Waals surface area contributed by atoms with Gasteiger partial charge in [-0.1, -0.05) is 0 Å². The molecule has 1 fully saturated rings. The number of nitrogens with two attached hydrogens (primary N) is 1. The second-order valence-electron chi connectivity index (χ2n) is 5.11. The molecule has 5 heteroatoms. The quantitative estimate of drug-likeness (QED) is 0.862. The van der Waals surface area contributed by atoms with E-state index in [2.05, 4.69) is 4.90 Å². The van der Waals surface area contributed by atoms with Crippen molar-refractivity contribution in [2.45, 2.75) is 25.0 Å². The van der Waals surface area contributed by atoms with Crippen molar-refractivity contribution >= 4 is 0 Å². The minimum absolute atomic E-state index is 0.248. The van der Waals surface area contributed by atoms with Gasteiger partial charge in [0.25, 0.3) is 0 Å². The molecule has 1 aliphatic rings. The Labute approximate surface area is 119 Å². The molecule has 1 heterocycles. The molecule has 0 amide bonds. The van der Waals surface area contributed by atoms with Crippen LogP contribution in [0.2, 0.25) is 0 Å². The first-order valence-corrected chi connectivity index (χ1v) is 7.08. The maximum Gasteiger partial charge on any atom is 0.123 e. The maximum absolute atomic E-state index is 12.8. The van der Waals surface area contributed by atoms with E-state index in [9.17, 15) is 4.39 Å². The summed E-state index contributed by atoms with van der Waals surface area (Å²) in [6.45, 7) is 3.03. The molecule has 0 saturated carbocycles. The first-order chi connectivity index (χ1) is 9.72. The van der Waals surface area contributed by atoms with Gasteiger partial charge in [-0.25, -0.2) is 4.39 Å². The third kappa shape index (κ3) is 4.16. The highest BCUT2D eigenvalue weighted by molar-refractivity contribution is 5.21. The standard InChI is InChI=1S/C15H23FN2O2/c1-19-15-6-7-18(13(10-15)11-17)8-9-20-14-4-2-12(16)3-5-14/h2-5,13,15H,6-11,17H2,1H3. The van der Waals surface area contributed by atoms with Gasteiger partial charge < -0.3 is 15.2 Å². The van der Waals surface area contributed by atoms with Crippen molar-refractivity contribution in [1.82, 2.24) is 4.90 Å². The van der Waals surface area contributed by atoms with Gasteiger partial charge in [-0.3, -0.25) is 4.90 Å². The first-order valence-electron chi connectivity index (χ1n) is 7.08. The van der Waals surface area contributed by atoms with Crippen LogP contribution in [0.1, 0.15) is 12.8 Å². The van der Waals surface area contributed by atoms with Crippen molar-refractivity contribution in [3.05, 3.63) is 30.1 Å². The Hall–Kier alpha value is -1.17. The topological polar surface area (TPSA) is 47.7 Å². The Kier molecular flexibility index (Phi) is 5.76. The summed E-state index contributed by atoms with van der Waals surface area (Å²) in [5, 5.41) is 0. The maximum atomic E-state index is 12.8. The molecular weight excluding hydrogens is 259 g/mol. The second kappa shape index (κ2) is 7.57. The number of hydrogen-bond acceptors (Lipinski definition) is 4. The van der Waals surface area contributed by atoms with E-state index in [1.54, 1.807) is 19.2 Å². The SMILES string of the molecule is COC1CCN(CCOc2ccc(F)cc2)C(CN)C1. The van der Waals surface area contributed by atoms with Crippen molar-refractivity contribution in [2.24, 2.45) is 5.73 Å². The molecule has 4 nitrogen and oxygen atoms in total. The Morgan fingerprint density at radius 2 is 2.10 bits per heavy atom. The van der Waals surface area contributed by atoms with Crippen LogP contribution in [0.25, 0.3) is 0 Å². The van der Waals surface area contributed by atoms with E-state index in [1.165, 1.54) is 12.1 Å². The molecule has 1 saturated heterocycles. The average molecular weight is 282 g/mol. The zero-order chi connectivity index (χ0) is 14.4. The largest absolute Gasteiger partial charge is 0.492 e. The first kappa shape index (κ1) is 15.2. The van der Waals surface area contributed by atoms with Gasteiger partial charge in [0.05, 0.1) is 6.10 Å². The number of methoxy groups -OCH3 is 1. The fourth-order valence-electron chi connectivity index (χ4n) is 2.63. The summed E-state index contributed by atoms with van der Waals surface area (Å²) < 4.78 is 23.8. The molecule has 0 spiro atoms. The van der Waals surface area contributed by atoms with Crippen molar-refractivity contribution in [1.29, 1.82) is 0 Å². The minimum Gasteiger partial charge on any atom is -0.492 e. The molecular formula is C15H23FN2O2. The number of benzene rings is 1. The van der Waals surface area contributed by atoms with E-state index in [1.807, 2.05) is 0 Å². The summed E-state index contributed by atoms with van der Waals surface area (Å²) in [6.07, 6.45) is 2.32. The predicted molar refractivity (Wildman–Crippen MR) is 76.3 cm³/mol. The summed E-state index contributed by atoms with van der Waals surface area (Å²) in [4.78, 5) is 2.35. The van der Waals surface area contributed by atoms with Crippen LogP contribution in [0.15, 0.2) is 24.3 Å². The fourth-order valence-corrected chi connectivity index (χ4v) is 2.63. The van der Waals surface area contributed by atoms with Crippen LogP contribution < -0.4 is 10.5 Å². The lowest BCUT2D eigenvalue weighted by Gasteiger charge is -2.38. The van der Waals surface area contributed by atoms with Gasteiger partial charge in [0.1, 0.15) is 18.2 Å². The molecule has 1 aliphatic heterocycles. The van der Waals surface area contributed by atoms with Crippen LogP contribution in [-0.2, 0) is 4.74 Å². The van der Waals surface area contributed by atoms with Crippen LogP contribution in [0.4, 0.5) is 4.39 Å². The minimum atomic E-state index is -0.248. The third-order valence-corrected chi connectivity index (χ3v) is 3.86. The lowest BCUT2D eigenvalue weighted by Crippen LogP contribution is -2.49. The molecule has 0 aliphatic carbocycles. The average Bonchev–Trinajstić information content (AvgIpc) is 2.49. The van der Waals surface area contributed by atoms with Crippen LogP contribution in [-0.4, -0.2) is 50.4 Å². The highest BCUT2D eigenvalue weighted by Gasteiger charge is 2.27. The van der Waals surface area contributed by atoms with E-state index in [-0.39, 0.29) is 5.82 Å². The Morgan fingerprint density at radius 1 is 1.35 bits per heavy atom. The Balaban J connectivity index is 1.76. The zero-order valence-electron chi connectivity index (χ0n) is 11.9. The van der Waals surface area contributed by atoms with E-state index in [4.69, 9.17) is 15.2 Å². The molecule has 0 bridgehead atoms. The van der Waals surface area contributed by atoms with Crippen LogP contribution in [0.3, 0.4) is 0 Å². The van der Waals surface area contributed by atoms with Gasteiger partial charge in [0.2, 0.25) is 0 Å². The Morgan fingerprint density at radius 3 is 2.75 bits per heavy atom. The number of piperidine rings is 1.